The van der Waals surface area contributed by atoms with Crippen LogP contribution in [-0.4, -0.2) is 5.11 Å². The van der Waals surface area contributed by atoms with Gasteiger partial charge in [0.05, 0.1) is 6.10 Å². The molecule has 0 bridgehead atoms. The summed E-state index contributed by atoms with van der Waals surface area (Å²) >= 11 is 9.18. The van der Waals surface area contributed by atoms with Crippen molar-refractivity contribution in [1.82, 2.24) is 0 Å². The molecule has 100 valence electrons. The Labute approximate surface area is 123 Å². The average Bonchev–Trinajstić information content (AvgIpc) is 2.32. The van der Waals surface area contributed by atoms with Crippen LogP contribution in [0.4, 0.5) is 8.78 Å². The smallest absolute Gasteiger partial charge is 0.159 e. The van der Waals surface area contributed by atoms with E-state index in [1.165, 1.54) is 6.07 Å². The third kappa shape index (κ3) is 3.75. The largest absolute Gasteiger partial charge is 0.388 e. The van der Waals surface area contributed by atoms with E-state index in [9.17, 15) is 13.9 Å². The molecule has 2 aromatic carbocycles. The van der Waals surface area contributed by atoms with Crippen LogP contribution < -0.4 is 0 Å². The normalized spacial score (nSPS) is 12.5. The number of hydrogen-bond donors (Lipinski definition) is 1. The number of halogens is 4. The zero-order valence-corrected chi connectivity index (χ0v) is 12.0. The highest BCUT2D eigenvalue weighted by molar-refractivity contribution is 9.10. The van der Waals surface area contributed by atoms with Crippen molar-refractivity contribution in [2.75, 3.05) is 0 Å². The molecule has 19 heavy (non-hydrogen) atoms. The number of rotatable bonds is 3. The van der Waals surface area contributed by atoms with Crippen molar-refractivity contribution in [3.05, 3.63) is 68.7 Å². The van der Waals surface area contributed by atoms with Crippen molar-refractivity contribution in [1.29, 1.82) is 0 Å². The quantitative estimate of drug-likeness (QED) is 0.856. The van der Waals surface area contributed by atoms with Gasteiger partial charge in [-0.05, 0) is 41.5 Å². The van der Waals surface area contributed by atoms with Gasteiger partial charge in [0.1, 0.15) is 0 Å². The van der Waals surface area contributed by atoms with Crippen molar-refractivity contribution < 1.29 is 13.9 Å². The molecule has 0 aliphatic rings. The van der Waals surface area contributed by atoms with Crippen LogP contribution in [0.3, 0.4) is 0 Å². The predicted molar refractivity (Wildman–Crippen MR) is 74.2 cm³/mol. The highest BCUT2D eigenvalue weighted by Gasteiger charge is 2.12. The Morgan fingerprint density at radius 3 is 2.47 bits per heavy atom. The van der Waals surface area contributed by atoms with Gasteiger partial charge in [0, 0.05) is 15.9 Å². The summed E-state index contributed by atoms with van der Waals surface area (Å²) in [6.45, 7) is 0. The van der Waals surface area contributed by atoms with E-state index in [1.807, 2.05) is 0 Å². The molecule has 0 fully saturated rings. The summed E-state index contributed by atoms with van der Waals surface area (Å²) in [5.74, 6) is -1.82. The van der Waals surface area contributed by atoms with Crippen molar-refractivity contribution in [2.45, 2.75) is 12.5 Å². The first-order valence-electron chi connectivity index (χ1n) is 5.53. The van der Waals surface area contributed by atoms with E-state index in [1.54, 1.807) is 18.2 Å². The van der Waals surface area contributed by atoms with Gasteiger partial charge in [0.15, 0.2) is 11.6 Å². The molecule has 1 nitrogen and oxygen atoms in total. The summed E-state index contributed by atoms with van der Waals surface area (Å²) in [7, 11) is 0. The predicted octanol–water partition coefficient (Wildman–Crippen LogP) is 4.66. The third-order valence-electron chi connectivity index (χ3n) is 2.68. The molecule has 0 amide bonds. The highest BCUT2D eigenvalue weighted by Crippen LogP contribution is 2.26. The molecule has 1 unspecified atom stereocenters. The van der Waals surface area contributed by atoms with E-state index >= 15 is 0 Å². The Morgan fingerprint density at radius 2 is 1.84 bits per heavy atom. The Morgan fingerprint density at radius 1 is 1.11 bits per heavy atom. The molecule has 5 heteroatoms. The molecular formula is C14H10BrClF2O. The molecule has 0 spiro atoms. The third-order valence-corrected chi connectivity index (χ3v) is 3.36. The van der Waals surface area contributed by atoms with Crippen molar-refractivity contribution in [3.8, 4) is 0 Å². The summed E-state index contributed by atoms with van der Waals surface area (Å²) in [6, 6.07) is 8.65. The average molecular weight is 348 g/mol. The molecule has 0 saturated carbocycles. The molecule has 0 heterocycles. The number of aliphatic hydroxyl groups excluding tert-OH is 1. The van der Waals surface area contributed by atoms with Gasteiger partial charge in [0.25, 0.3) is 0 Å². The number of aliphatic hydroxyl groups is 1. The van der Waals surface area contributed by atoms with Crippen LogP contribution in [0.15, 0.2) is 40.9 Å². The summed E-state index contributed by atoms with van der Waals surface area (Å²) < 4.78 is 26.6. The SMILES string of the molecule is OC(Cc1ccc(F)c(F)c1)c1cc(Cl)cc(Br)c1. The van der Waals surface area contributed by atoms with E-state index in [0.717, 1.165) is 16.6 Å². The van der Waals surface area contributed by atoms with Crippen LogP contribution in [0.25, 0.3) is 0 Å². The van der Waals surface area contributed by atoms with Crippen molar-refractivity contribution in [2.24, 2.45) is 0 Å². The summed E-state index contributed by atoms with van der Waals surface area (Å²) in [5, 5.41) is 10.6. The zero-order valence-electron chi connectivity index (χ0n) is 9.71. The minimum Gasteiger partial charge on any atom is -0.388 e. The standard InChI is InChI=1S/C14H10BrClF2O/c15-10-5-9(6-11(16)7-10)14(19)4-8-1-2-12(17)13(18)3-8/h1-3,5-7,14,19H,4H2. The van der Waals surface area contributed by atoms with Gasteiger partial charge in [-0.15, -0.1) is 0 Å². The van der Waals surface area contributed by atoms with Crippen LogP contribution in [0.2, 0.25) is 5.02 Å². The second-order valence-electron chi connectivity index (χ2n) is 4.17. The van der Waals surface area contributed by atoms with Gasteiger partial charge < -0.3 is 5.11 Å². The van der Waals surface area contributed by atoms with Gasteiger partial charge in [-0.3, -0.25) is 0 Å². The van der Waals surface area contributed by atoms with Gasteiger partial charge in [-0.1, -0.05) is 33.6 Å². The van der Waals surface area contributed by atoms with E-state index < -0.39 is 17.7 Å². The molecule has 0 saturated heterocycles. The minimum atomic E-state index is -0.919. The highest BCUT2D eigenvalue weighted by atomic mass is 79.9. The second kappa shape index (κ2) is 5.99. The first-order valence-corrected chi connectivity index (χ1v) is 6.71. The first kappa shape index (κ1) is 14.4. The molecule has 0 radical (unpaired) electrons. The lowest BCUT2D eigenvalue weighted by molar-refractivity contribution is 0.178. The van der Waals surface area contributed by atoms with Crippen LogP contribution in [0.5, 0.6) is 0 Å². The maximum absolute atomic E-state index is 13.1. The lowest BCUT2D eigenvalue weighted by atomic mass is 10.0. The van der Waals surface area contributed by atoms with E-state index in [2.05, 4.69) is 15.9 Å². The molecule has 0 aliphatic carbocycles. The summed E-state index contributed by atoms with van der Waals surface area (Å²) in [5.41, 5.74) is 1.13. The lowest BCUT2D eigenvalue weighted by Gasteiger charge is -2.12. The fourth-order valence-corrected chi connectivity index (χ4v) is 2.66. The van der Waals surface area contributed by atoms with Crippen molar-refractivity contribution in [3.63, 3.8) is 0 Å². The molecule has 1 atom stereocenters. The molecule has 1 N–H and O–H groups in total. The Kier molecular flexibility index (Phi) is 4.55. The lowest BCUT2D eigenvalue weighted by Crippen LogP contribution is -2.02. The van der Waals surface area contributed by atoms with Crippen molar-refractivity contribution >= 4 is 27.5 Å². The Bertz CT molecular complexity index is 584. The topological polar surface area (TPSA) is 20.2 Å². The molecular weight excluding hydrogens is 338 g/mol. The van der Waals surface area contributed by atoms with E-state index in [-0.39, 0.29) is 6.42 Å². The second-order valence-corrected chi connectivity index (χ2v) is 5.52. The van der Waals surface area contributed by atoms with Gasteiger partial charge >= 0.3 is 0 Å². The van der Waals surface area contributed by atoms with Crippen LogP contribution in [0.1, 0.15) is 17.2 Å². The first-order chi connectivity index (χ1) is 8.95. The van der Waals surface area contributed by atoms with E-state index in [0.29, 0.717) is 16.1 Å². The van der Waals surface area contributed by atoms with Crippen LogP contribution in [-0.2, 0) is 6.42 Å². The zero-order chi connectivity index (χ0) is 14.0. The fourth-order valence-electron chi connectivity index (χ4n) is 1.78. The minimum absolute atomic E-state index is 0.185. The molecule has 0 aromatic heterocycles. The summed E-state index contributed by atoms with van der Waals surface area (Å²) in [4.78, 5) is 0. The Hall–Kier alpha value is -0.970. The maximum Gasteiger partial charge on any atom is 0.159 e. The fraction of sp³-hybridized carbons (Fsp3) is 0.143. The Balaban J connectivity index is 2.20. The number of hydrogen-bond acceptors (Lipinski definition) is 1. The van der Waals surface area contributed by atoms with Gasteiger partial charge in [-0.25, -0.2) is 8.78 Å². The molecule has 2 rings (SSSR count). The van der Waals surface area contributed by atoms with E-state index in [4.69, 9.17) is 11.6 Å². The summed E-state index contributed by atoms with van der Waals surface area (Å²) in [6.07, 6.45) is -0.649. The van der Waals surface area contributed by atoms with Gasteiger partial charge in [0.2, 0.25) is 0 Å². The maximum atomic E-state index is 13.1. The number of benzene rings is 2. The van der Waals surface area contributed by atoms with Crippen LogP contribution >= 0.6 is 27.5 Å². The molecule has 2 aromatic rings. The monoisotopic (exact) mass is 346 g/mol. The molecule has 0 aliphatic heterocycles. The van der Waals surface area contributed by atoms with Crippen LogP contribution in [0, 0.1) is 11.6 Å². The van der Waals surface area contributed by atoms with Gasteiger partial charge in [-0.2, -0.15) is 0 Å².